The molecule has 0 spiro atoms. The first kappa shape index (κ1) is 11.2. The number of fused-ring (bicyclic) bond motifs is 3. The molecule has 0 aromatic carbocycles. The van der Waals surface area contributed by atoms with Crippen LogP contribution in [0, 0.1) is 0 Å². The molecule has 7 heteroatoms. The zero-order valence-electron chi connectivity index (χ0n) is 9.93. The SMILES string of the molecule is C[C@@H]1Cc2nn3c(c2CN1)C(=O)NC[C@H]3C(=O)O. The quantitative estimate of drug-likeness (QED) is 0.611. The van der Waals surface area contributed by atoms with Crippen molar-refractivity contribution in [1.82, 2.24) is 20.4 Å². The zero-order chi connectivity index (χ0) is 12.9. The van der Waals surface area contributed by atoms with Gasteiger partial charge < -0.3 is 15.7 Å². The summed E-state index contributed by atoms with van der Waals surface area (Å²) in [6, 6.07) is -0.514. The standard InChI is InChI=1S/C11H14N4O3/c1-5-2-7-6(3-12-5)9-10(16)13-4-8(11(17)18)15(9)14-7/h5,8,12H,2-4H2,1H3,(H,13,16)(H,17,18)/t5-,8+/m1/s1. The summed E-state index contributed by atoms with van der Waals surface area (Å²) in [5.74, 6) is -1.21. The van der Waals surface area contributed by atoms with Crippen LogP contribution >= 0.6 is 0 Å². The van der Waals surface area contributed by atoms with Crippen LogP contribution in [0.25, 0.3) is 0 Å². The van der Waals surface area contributed by atoms with Crippen molar-refractivity contribution in [2.75, 3.05) is 6.54 Å². The molecular weight excluding hydrogens is 236 g/mol. The maximum atomic E-state index is 11.9. The van der Waals surface area contributed by atoms with E-state index in [2.05, 4.69) is 15.7 Å². The molecular formula is C11H14N4O3. The summed E-state index contributed by atoms with van der Waals surface area (Å²) in [7, 11) is 0. The molecule has 1 aromatic rings. The van der Waals surface area contributed by atoms with Crippen LogP contribution in [-0.4, -0.2) is 39.4 Å². The fourth-order valence-corrected chi connectivity index (χ4v) is 2.52. The molecule has 1 amide bonds. The average molecular weight is 250 g/mol. The van der Waals surface area contributed by atoms with Crippen LogP contribution in [0.1, 0.15) is 34.7 Å². The van der Waals surface area contributed by atoms with Gasteiger partial charge in [-0.3, -0.25) is 4.79 Å². The Morgan fingerprint density at radius 1 is 1.56 bits per heavy atom. The Morgan fingerprint density at radius 3 is 3.06 bits per heavy atom. The Morgan fingerprint density at radius 2 is 2.33 bits per heavy atom. The van der Waals surface area contributed by atoms with Crippen LogP contribution in [0.3, 0.4) is 0 Å². The van der Waals surface area contributed by atoms with Gasteiger partial charge in [-0.1, -0.05) is 0 Å². The molecule has 2 atom stereocenters. The van der Waals surface area contributed by atoms with Gasteiger partial charge in [0, 0.05) is 24.6 Å². The summed E-state index contributed by atoms with van der Waals surface area (Å²) in [5.41, 5.74) is 2.05. The first-order valence-corrected chi connectivity index (χ1v) is 5.92. The molecule has 0 radical (unpaired) electrons. The van der Waals surface area contributed by atoms with Crippen LogP contribution < -0.4 is 10.6 Å². The normalized spacial score (nSPS) is 26.2. The Bertz CT molecular complexity index is 537. The molecule has 2 aliphatic rings. The second-order valence-electron chi connectivity index (χ2n) is 4.77. The van der Waals surface area contributed by atoms with Gasteiger partial charge in [0.25, 0.3) is 5.91 Å². The van der Waals surface area contributed by atoms with E-state index in [0.717, 1.165) is 17.7 Å². The number of carbonyl (C=O) groups is 2. The molecule has 1 aromatic heterocycles. The van der Waals surface area contributed by atoms with Gasteiger partial charge in [-0.05, 0) is 6.92 Å². The van der Waals surface area contributed by atoms with Crippen molar-refractivity contribution in [3.63, 3.8) is 0 Å². The van der Waals surface area contributed by atoms with Gasteiger partial charge in [-0.25, -0.2) is 9.48 Å². The van der Waals surface area contributed by atoms with Crippen molar-refractivity contribution in [2.45, 2.75) is 32.0 Å². The number of nitrogens with one attached hydrogen (secondary N) is 2. The number of aliphatic carboxylic acids is 1. The van der Waals surface area contributed by atoms with Crippen LogP contribution in [0.15, 0.2) is 0 Å². The molecule has 3 rings (SSSR count). The van der Waals surface area contributed by atoms with E-state index < -0.39 is 12.0 Å². The van der Waals surface area contributed by atoms with Crippen LogP contribution in [0.5, 0.6) is 0 Å². The number of carbonyl (C=O) groups excluding carboxylic acids is 1. The van der Waals surface area contributed by atoms with Crippen molar-refractivity contribution in [3.8, 4) is 0 Å². The topological polar surface area (TPSA) is 96.3 Å². The lowest BCUT2D eigenvalue weighted by molar-refractivity contribution is -0.141. The van der Waals surface area contributed by atoms with Crippen molar-refractivity contribution in [2.24, 2.45) is 0 Å². The maximum absolute atomic E-state index is 11.9. The Labute approximate surface area is 103 Å². The second-order valence-corrected chi connectivity index (χ2v) is 4.77. The Kier molecular flexibility index (Phi) is 2.37. The van der Waals surface area contributed by atoms with E-state index in [1.807, 2.05) is 6.92 Å². The Balaban J connectivity index is 2.12. The first-order valence-electron chi connectivity index (χ1n) is 5.92. The monoisotopic (exact) mass is 250 g/mol. The molecule has 7 nitrogen and oxygen atoms in total. The molecule has 0 bridgehead atoms. The Hall–Kier alpha value is -1.89. The summed E-state index contributed by atoms with van der Waals surface area (Å²) in [4.78, 5) is 23.0. The second kappa shape index (κ2) is 3.81. The van der Waals surface area contributed by atoms with Crippen molar-refractivity contribution in [1.29, 1.82) is 0 Å². The third-order valence-corrected chi connectivity index (χ3v) is 3.47. The number of carboxylic acids is 1. The van der Waals surface area contributed by atoms with Crippen LogP contribution in [0.2, 0.25) is 0 Å². The summed E-state index contributed by atoms with van der Waals surface area (Å²) >= 11 is 0. The van der Waals surface area contributed by atoms with Gasteiger partial charge in [0.15, 0.2) is 6.04 Å². The molecule has 0 saturated carbocycles. The predicted molar refractivity (Wildman–Crippen MR) is 61.2 cm³/mol. The van der Waals surface area contributed by atoms with Gasteiger partial charge in [0.1, 0.15) is 5.69 Å². The summed E-state index contributed by atoms with van der Waals surface area (Å²) in [5, 5.41) is 19.4. The fraction of sp³-hybridized carbons (Fsp3) is 0.545. The molecule has 18 heavy (non-hydrogen) atoms. The van der Waals surface area contributed by atoms with Gasteiger partial charge in [0.05, 0.1) is 12.2 Å². The number of hydrogen-bond donors (Lipinski definition) is 3. The highest BCUT2D eigenvalue weighted by atomic mass is 16.4. The highest BCUT2D eigenvalue weighted by Crippen LogP contribution is 2.25. The lowest BCUT2D eigenvalue weighted by Crippen LogP contribution is -2.43. The number of carboxylic acid groups (broad SMARTS) is 1. The molecule has 96 valence electrons. The highest BCUT2D eigenvalue weighted by molar-refractivity contribution is 5.96. The number of amides is 1. The van der Waals surface area contributed by atoms with E-state index in [1.54, 1.807) is 0 Å². The summed E-state index contributed by atoms with van der Waals surface area (Å²) in [6.45, 7) is 2.69. The molecule has 0 aliphatic carbocycles. The van der Waals surface area contributed by atoms with Crippen LogP contribution in [0.4, 0.5) is 0 Å². The van der Waals surface area contributed by atoms with Gasteiger partial charge in [-0.2, -0.15) is 5.10 Å². The molecule has 3 N–H and O–H groups in total. The minimum Gasteiger partial charge on any atom is -0.480 e. The van der Waals surface area contributed by atoms with Gasteiger partial charge in [0.2, 0.25) is 0 Å². The molecule has 0 unspecified atom stereocenters. The minimum atomic E-state index is -0.975. The predicted octanol–water partition coefficient (Wildman–Crippen LogP) is -0.714. The largest absolute Gasteiger partial charge is 0.480 e. The van der Waals surface area contributed by atoms with Crippen molar-refractivity contribution in [3.05, 3.63) is 17.0 Å². The van der Waals surface area contributed by atoms with Gasteiger partial charge in [-0.15, -0.1) is 0 Å². The lowest BCUT2D eigenvalue weighted by Gasteiger charge is -2.23. The zero-order valence-corrected chi connectivity index (χ0v) is 9.93. The summed E-state index contributed by atoms with van der Waals surface area (Å²) < 4.78 is 1.37. The van der Waals surface area contributed by atoms with E-state index in [-0.39, 0.29) is 12.5 Å². The lowest BCUT2D eigenvalue weighted by atomic mass is 10.0. The van der Waals surface area contributed by atoms with E-state index >= 15 is 0 Å². The fourth-order valence-electron chi connectivity index (χ4n) is 2.52. The molecule has 3 heterocycles. The third kappa shape index (κ3) is 1.51. The van der Waals surface area contributed by atoms with Crippen LogP contribution in [-0.2, 0) is 17.8 Å². The van der Waals surface area contributed by atoms with E-state index in [4.69, 9.17) is 5.11 Å². The summed E-state index contributed by atoms with van der Waals surface area (Å²) in [6.07, 6.45) is 0.717. The van der Waals surface area contributed by atoms with E-state index in [1.165, 1.54) is 4.68 Å². The maximum Gasteiger partial charge on any atom is 0.330 e. The average Bonchev–Trinajstić information content (AvgIpc) is 2.67. The van der Waals surface area contributed by atoms with Crippen molar-refractivity contribution >= 4 is 11.9 Å². The number of nitrogens with zero attached hydrogens (tertiary/aromatic N) is 2. The third-order valence-electron chi connectivity index (χ3n) is 3.47. The number of rotatable bonds is 1. The first-order chi connectivity index (χ1) is 8.58. The highest BCUT2D eigenvalue weighted by Gasteiger charge is 2.36. The van der Waals surface area contributed by atoms with Crippen molar-refractivity contribution < 1.29 is 14.7 Å². The molecule has 0 saturated heterocycles. The minimum absolute atomic E-state index is 0.0880. The number of aromatic nitrogens is 2. The van der Waals surface area contributed by atoms with E-state index in [9.17, 15) is 9.59 Å². The number of hydrogen-bond acceptors (Lipinski definition) is 4. The molecule has 2 aliphatic heterocycles. The smallest absolute Gasteiger partial charge is 0.330 e. The van der Waals surface area contributed by atoms with Gasteiger partial charge >= 0.3 is 5.97 Å². The molecule has 0 fully saturated rings. The van der Waals surface area contributed by atoms with E-state index in [0.29, 0.717) is 18.3 Å².